The summed E-state index contributed by atoms with van der Waals surface area (Å²) in [5.74, 6) is 1.79. The first kappa shape index (κ1) is 10.4. The highest BCUT2D eigenvalue weighted by atomic mass is 16.5. The van der Waals surface area contributed by atoms with Gasteiger partial charge in [-0.3, -0.25) is 0 Å². The van der Waals surface area contributed by atoms with Crippen molar-refractivity contribution < 1.29 is 9.47 Å². The lowest BCUT2D eigenvalue weighted by molar-refractivity contribution is 0.0839. The molecule has 0 atom stereocenters. The molecule has 0 saturated heterocycles. The molecule has 1 aliphatic heterocycles. The quantitative estimate of drug-likeness (QED) is 0.772. The highest BCUT2D eigenvalue weighted by molar-refractivity contribution is 5.51. The van der Waals surface area contributed by atoms with E-state index in [0.717, 1.165) is 22.6 Å². The second-order valence-electron chi connectivity index (χ2n) is 4.01. The average molecular weight is 226 g/mol. The standard InChI is InChI=1S/C15H14O2/c1-2-16-15-11-7-3-5-9-13(11)17-14-10-6-4-8-12(14)15/h3-10,15H,2H2,1H3. The van der Waals surface area contributed by atoms with Gasteiger partial charge in [0.25, 0.3) is 0 Å². The third-order valence-corrected chi connectivity index (χ3v) is 2.96. The van der Waals surface area contributed by atoms with Crippen LogP contribution < -0.4 is 4.74 Å². The van der Waals surface area contributed by atoms with Gasteiger partial charge in [-0.2, -0.15) is 0 Å². The molecule has 0 unspecified atom stereocenters. The Hall–Kier alpha value is -1.80. The Morgan fingerprint density at radius 2 is 1.47 bits per heavy atom. The van der Waals surface area contributed by atoms with Crippen molar-refractivity contribution in [3.63, 3.8) is 0 Å². The molecule has 2 aromatic rings. The van der Waals surface area contributed by atoms with Crippen LogP contribution in [0.1, 0.15) is 24.2 Å². The Kier molecular flexibility index (Phi) is 2.57. The van der Waals surface area contributed by atoms with Crippen molar-refractivity contribution >= 4 is 0 Å². The maximum Gasteiger partial charge on any atom is 0.133 e. The molecule has 2 heteroatoms. The van der Waals surface area contributed by atoms with Crippen molar-refractivity contribution in [2.24, 2.45) is 0 Å². The van der Waals surface area contributed by atoms with Gasteiger partial charge in [0.05, 0.1) is 0 Å². The Balaban J connectivity index is 2.13. The average Bonchev–Trinajstić information content (AvgIpc) is 2.39. The molecule has 1 aliphatic rings. The van der Waals surface area contributed by atoms with Crippen LogP contribution in [0.5, 0.6) is 11.5 Å². The van der Waals surface area contributed by atoms with Crippen LogP contribution in [0.15, 0.2) is 48.5 Å². The first-order valence-corrected chi connectivity index (χ1v) is 5.87. The van der Waals surface area contributed by atoms with Crippen LogP contribution >= 0.6 is 0 Å². The van der Waals surface area contributed by atoms with E-state index in [9.17, 15) is 0 Å². The van der Waals surface area contributed by atoms with Gasteiger partial charge in [0.1, 0.15) is 17.6 Å². The second kappa shape index (κ2) is 4.22. The largest absolute Gasteiger partial charge is 0.457 e. The molecule has 0 bridgehead atoms. The number of fused-ring (bicyclic) bond motifs is 2. The number of ether oxygens (including phenoxy) is 2. The van der Waals surface area contributed by atoms with E-state index in [0.29, 0.717) is 6.61 Å². The summed E-state index contributed by atoms with van der Waals surface area (Å²) in [6.45, 7) is 2.70. The summed E-state index contributed by atoms with van der Waals surface area (Å²) in [4.78, 5) is 0. The molecule has 1 heterocycles. The van der Waals surface area contributed by atoms with Crippen LogP contribution in [-0.4, -0.2) is 6.61 Å². The Labute approximate surface area is 101 Å². The summed E-state index contributed by atoms with van der Waals surface area (Å²) in [6, 6.07) is 16.1. The molecule has 86 valence electrons. The van der Waals surface area contributed by atoms with Gasteiger partial charge in [-0.15, -0.1) is 0 Å². The minimum Gasteiger partial charge on any atom is -0.457 e. The van der Waals surface area contributed by atoms with Crippen molar-refractivity contribution in [1.29, 1.82) is 0 Å². The molecule has 0 fully saturated rings. The topological polar surface area (TPSA) is 18.5 Å². The fraction of sp³-hybridized carbons (Fsp3) is 0.200. The smallest absolute Gasteiger partial charge is 0.133 e. The zero-order valence-corrected chi connectivity index (χ0v) is 9.72. The summed E-state index contributed by atoms with van der Waals surface area (Å²) >= 11 is 0. The summed E-state index contributed by atoms with van der Waals surface area (Å²) in [7, 11) is 0. The predicted octanol–water partition coefficient (Wildman–Crippen LogP) is 3.92. The normalized spacial score (nSPS) is 13.7. The van der Waals surface area contributed by atoms with Crippen molar-refractivity contribution in [1.82, 2.24) is 0 Å². The fourth-order valence-electron chi connectivity index (χ4n) is 2.21. The van der Waals surface area contributed by atoms with Crippen LogP contribution in [-0.2, 0) is 4.74 Å². The molecule has 0 saturated carbocycles. The first-order chi connectivity index (χ1) is 8.40. The molecule has 2 aromatic carbocycles. The number of hydrogen-bond acceptors (Lipinski definition) is 2. The van der Waals surface area contributed by atoms with Crippen LogP contribution in [0.2, 0.25) is 0 Å². The molecule has 0 aromatic heterocycles. The molecule has 17 heavy (non-hydrogen) atoms. The molecule has 0 N–H and O–H groups in total. The van der Waals surface area contributed by atoms with Crippen LogP contribution in [0.25, 0.3) is 0 Å². The molecule has 3 rings (SSSR count). The number of para-hydroxylation sites is 2. The van der Waals surface area contributed by atoms with Gasteiger partial charge in [-0.1, -0.05) is 36.4 Å². The lowest BCUT2D eigenvalue weighted by Crippen LogP contribution is -2.13. The molecular formula is C15H14O2. The summed E-state index contributed by atoms with van der Waals surface area (Å²) in [5.41, 5.74) is 2.21. The molecule has 0 amide bonds. The zero-order chi connectivity index (χ0) is 11.7. The number of benzene rings is 2. The summed E-state index contributed by atoms with van der Waals surface area (Å²) in [6.07, 6.45) is -0.0128. The molecule has 2 nitrogen and oxygen atoms in total. The van der Waals surface area contributed by atoms with E-state index in [1.54, 1.807) is 0 Å². The Morgan fingerprint density at radius 3 is 2.00 bits per heavy atom. The lowest BCUT2D eigenvalue weighted by Gasteiger charge is -2.27. The molecule has 0 radical (unpaired) electrons. The van der Waals surface area contributed by atoms with Gasteiger partial charge in [-0.25, -0.2) is 0 Å². The molecule has 0 spiro atoms. The van der Waals surface area contributed by atoms with Gasteiger partial charge in [0, 0.05) is 17.7 Å². The lowest BCUT2D eigenvalue weighted by atomic mass is 9.97. The minimum absolute atomic E-state index is 0.0128. The maximum absolute atomic E-state index is 5.87. The maximum atomic E-state index is 5.87. The van der Waals surface area contributed by atoms with Gasteiger partial charge in [-0.05, 0) is 19.1 Å². The summed E-state index contributed by atoms with van der Waals surface area (Å²) < 4.78 is 11.7. The highest BCUT2D eigenvalue weighted by Gasteiger charge is 2.26. The van der Waals surface area contributed by atoms with Crippen molar-refractivity contribution in [3.8, 4) is 11.5 Å². The Morgan fingerprint density at radius 1 is 0.941 bits per heavy atom. The first-order valence-electron chi connectivity index (χ1n) is 5.87. The van der Waals surface area contributed by atoms with Gasteiger partial charge in [0.2, 0.25) is 0 Å². The minimum atomic E-state index is -0.0128. The SMILES string of the molecule is CCOC1c2ccccc2Oc2ccccc21. The van der Waals surface area contributed by atoms with Crippen LogP contribution in [0.3, 0.4) is 0 Å². The fourth-order valence-corrected chi connectivity index (χ4v) is 2.21. The van der Waals surface area contributed by atoms with E-state index in [1.807, 2.05) is 43.3 Å². The zero-order valence-electron chi connectivity index (χ0n) is 9.72. The van der Waals surface area contributed by atoms with E-state index in [-0.39, 0.29) is 6.10 Å². The highest BCUT2D eigenvalue weighted by Crippen LogP contribution is 2.44. The van der Waals surface area contributed by atoms with E-state index in [4.69, 9.17) is 9.47 Å². The Bertz CT molecular complexity index is 488. The van der Waals surface area contributed by atoms with E-state index >= 15 is 0 Å². The second-order valence-corrected chi connectivity index (χ2v) is 4.01. The predicted molar refractivity (Wildman–Crippen MR) is 66.4 cm³/mol. The summed E-state index contributed by atoms with van der Waals surface area (Å²) in [5, 5.41) is 0. The van der Waals surface area contributed by atoms with E-state index in [1.165, 1.54) is 0 Å². The van der Waals surface area contributed by atoms with Crippen molar-refractivity contribution in [2.45, 2.75) is 13.0 Å². The molecular weight excluding hydrogens is 212 g/mol. The third-order valence-electron chi connectivity index (χ3n) is 2.96. The van der Waals surface area contributed by atoms with Crippen molar-refractivity contribution in [2.75, 3.05) is 6.61 Å². The van der Waals surface area contributed by atoms with E-state index in [2.05, 4.69) is 12.1 Å². The van der Waals surface area contributed by atoms with Crippen molar-refractivity contribution in [3.05, 3.63) is 59.7 Å². The molecule has 0 aliphatic carbocycles. The third kappa shape index (κ3) is 1.71. The van der Waals surface area contributed by atoms with Gasteiger partial charge >= 0.3 is 0 Å². The van der Waals surface area contributed by atoms with Crippen LogP contribution in [0.4, 0.5) is 0 Å². The van der Waals surface area contributed by atoms with Gasteiger partial charge in [0.15, 0.2) is 0 Å². The van der Waals surface area contributed by atoms with Gasteiger partial charge < -0.3 is 9.47 Å². The number of hydrogen-bond donors (Lipinski definition) is 0. The van der Waals surface area contributed by atoms with Crippen LogP contribution in [0, 0.1) is 0 Å². The van der Waals surface area contributed by atoms with E-state index < -0.39 is 0 Å². The monoisotopic (exact) mass is 226 g/mol. The number of rotatable bonds is 2.